The second-order valence-corrected chi connectivity index (χ2v) is 4.47. The Hall–Kier alpha value is -1.35. The van der Waals surface area contributed by atoms with Crippen LogP contribution in [0.4, 0.5) is 10.1 Å². The van der Waals surface area contributed by atoms with E-state index in [-0.39, 0.29) is 5.82 Å². The molecule has 1 heterocycles. The maximum absolute atomic E-state index is 13.5. The molecule has 0 unspecified atom stereocenters. The SMILES string of the molecule is CNc1cc(F)cc(C=C2CCNCC2)c1C. The van der Waals surface area contributed by atoms with E-state index in [0.29, 0.717) is 0 Å². The first kappa shape index (κ1) is 12.1. The van der Waals surface area contributed by atoms with Gasteiger partial charge in [-0.05, 0) is 56.1 Å². The Labute approximate surface area is 102 Å². The van der Waals surface area contributed by atoms with Gasteiger partial charge in [-0.3, -0.25) is 0 Å². The van der Waals surface area contributed by atoms with E-state index in [1.807, 2.05) is 14.0 Å². The number of hydrogen-bond acceptors (Lipinski definition) is 2. The predicted molar refractivity (Wildman–Crippen MR) is 70.8 cm³/mol. The fourth-order valence-electron chi connectivity index (χ4n) is 2.22. The maximum atomic E-state index is 13.5. The molecule has 2 N–H and O–H groups in total. The molecule has 0 atom stereocenters. The van der Waals surface area contributed by atoms with Crippen LogP contribution < -0.4 is 10.6 Å². The summed E-state index contributed by atoms with van der Waals surface area (Å²) < 4.78 is 13.5. The number of piperidine rings is 1. The Kier molecular flexibility index (Phi) is 3.79. The fraction of sp³-hybridized carbons (Fsp3) is 0.429. The van der Waals surface area contributed by atoms with E-state index in [9.17, 15) is 4.39 Å². The number of rotatable bonds is 2. The minimum Gasteiger partial charge on any atom is -0.388 e. The first-order chi connectivity index (χ1) is 8.20. The van der Waals surface area contributed by atoms with Crippen LogP contribution in [0, 0.1) is 12.7 Å². The normalized spacial score (nSPS) is 15.8. The number of hydrogen-bond donors (Lipinski definition) is 2. The van der Waals surface area contributed by atoms with Crippen molar-refractivity contribution in [3.63, 3.8) is 0 Å². The lowest BCUT2D eigenvalue weighted by atomic mass is 9.99. The van der Waals surface area contributed by atoms with E-state index in [4.69, 9.17) is 0 Å². The summed E-state index contributed by atoms with van der Waals surface area (Å²) in [7, 11) is 1.82. The molecule has 1 aromatic rings. The van der Waals surface area contributed by atoms with Crippen LogP contribution in [0.3, 0.4) is 0 Å². The van der Waals surface area contributed by atoms with E-state index in [0.717, 1.165) is 42.7 Å². The summed E-state index contributed by atoms with van der Waals surface area (Å²) in [5.74, 6) is -0.180. The van der Waals surface area contributed by atoms with Crippen molar-refractivity contribution >= 4 is 11.8 Å². The summed E-state index contributed by atoms with van der Waals surface area (Å²) in [5, 5.41) is 6.35. The minimum absolute atomic E-state index is 0.180. The molecule has 0 saturated carbocycles. The number of halogens is 1. The van der Waals surface area contributed by atoms with Crippen LogP contribution in [0.1, 0.15) is 24.0 Å². The number of nitrogens with one attached hydrogen (secondary N) is 2. The molecule has 1 saturated heterocycles. The molecule has 17 heavy (non-hydrogen) atoms. The lowest BCUT2D eigenvalue weighted by Crippen LogP contribution is -2.22. The highest BCUT2D eigenvalue weighted by atomic mass is 19.1. The smallest absolute Gasteiger partial charge is 0.125 e. The molecule has 0 radical (unpaired) electrons. The molecule has 1 aliphatic heterocycles. The largest absolute Gasteiger partial charge is 0.388 e. The lowest BCUT2D eigenvalue weighted by Gasteiger charge is -2.16. The summed E-state index contributed by atoms with van der Waals surface area (Å²) in [6, 6.07) is 3.16. The van der Waals surface area contributed by atoms with Gasteiger partial charge in [-0.2, -0.15) is 0 Å². The molecule has 0 spiro atoms. The number of benzene rings is 1. The zero-order valence-electron chi connectivity index (χ0n) is 10.4. The van der Waals surface area contributed by atoms with E-state index in [1.54, 1.807) is 12.1 Å². The predicted octanol–water partition coefficient (Wildman–Crippen LogP) is 2.94. The Morgan fingerprint density at radius 3 is 2.65 bits per heavy atom. The van der Waals surface area contributed by atoms with Crippen molar-refractivity contribution in [2.75, 3.05) is 25.5 Å². The molecule has 2 rings (SSSR count). The van der Waals surface area contributed by atoms with Crippen LogP contribution in [0.2, 0.25) is 0 Å². The third kappa shape index (κ3) is 2.86. The van der Waals surface area contributed by atoms with Crippen LogP contribution in [0.15, 0.2) is 17.7 Å². The standard InChI is InChI=1S/C14H19FN2/c1-10-12(7-11-3-5-17-6-4-11)8-13(15)9-14(10)16-2/h7-9,16-17H,3-6H2,1-2H3. The zero-order chi connectivity index (χ0) is 12.3. The molecular formula is C14H19FN2. The van der Waals surface area contributed by atoms with E-state index in [1.165, 1.54) is 5.57 Å². The highest BCUT2D eigenvalue weighted by Gasteiger charge is 2.08. The summed E-state index contributed by atoms with van der Waals surface area (Å²) in [4.78, 5) is 0. The second kappa shape index (κ2) is 5.32. The van der Waals surface area contributed by atoms with Crippen LogP contribution >= 0.6 is 0 Å². The van der Waals surface area contributed by atoms with Crippen LogP contribution in [0.25, 0.3) is 6.08 Å². The second-order valence-electron chi connectivity index (χ2n) is 4.47. The fourth-order valence-corrected chi connectivity index (χ4v) is 2.22. The third-order valence-corrected chi connectivity index (χ3v) is 3.29. The van der Waals surface area contributed by atoms with E-state index < -0.39 is 0 Å². The van der Waals surface area contributed by atoms with Gasteiger partial charge < -0.3 is 10.6 Å². The monoisotopic (exact) mass is 234 g/mol. The van der Waals surface area contributed by atoms with Gasteiger partial charge in [0.2, 0.25) is 0 Å². The molecule has 1 aromatic carbocycles. The topological polar surface area (TPSA) is 24.1 Å². The van der Waals surface area contributed by atoms with Gasteiger partial charge in [0.15, 0.2) is 0 Å². The maximum Gasteiger partial charge on any atom is 0.125 e. The summed E-state index contributed by atoms with van der Waals surface area (Å²) >= 11 is 0. The van der Waals surface area contributed by atoms with Gasteiger partial charge in [0, 0.05) is 12.7 Å². The van der Waals surface area contributed by atoms with Gasteiger partial charge >= 0.3 is 0 Å². The highest BCUT2D eigenvalue weighted by molar-refractivity contribution is 5.65. The van der Waals surface area contributed by atoms with Crippen molar-refractivity contribution in [3.05, 3.63) is 34.6 Å². The molecule has 1 fully saturated rings. The third-order valence-electron chi connectivity index (χ3n) is 3.29. The highest BCUT2D eigenvalue weighted by Crippen LogP contribution is 2.24. The van der Waals surface area contributed by atoms with E-state index in [2.05, 4.69) is 16.7 Å². The molecule has 0 aliphatic carbocycles. The minimum atomic E-state index is -0.180. The van der Waals surface area contributed by atoms with Gasteiger partial charge in [-0.15, -0.1) is 0 Å². The van der Waals surface area contributed by atoms with Crippen molar-refractivity contribution in [3.8, 4) is 0 Å². The van der Waals surface area contributed by atoms with Crippen molar-refractivity contribution in [1.82, 2.24) is 5.32 Å². The van der Waals surface area contributed by atoms with Crippen molar-refractivity contribution in [2.45, 2.75) is 19.8 Å². The summed E-state index contributed by atoms with van der Waals surface area (Å²) in [6.45, 7) is 4.08. The van der Waals surface area contributed by atoms with Gasteiger partial charge in [0.05, 0.1) is 0 Å². The molecule has 1 aliphatic rings. The van der Waals surface area contributed by atoms with Crippen LogP contribution in [-0.4, -0.2) is 20.1 Å². The molecule has 3 heteroatoms. The molecule has 0 amide bonds. The Bertz CT molecular complexity index is 430. The molecule has 92 valence electrons. The first-order valence-corrected chi connectivity index (χ1v) is 6.09. The zero-order valence-corrected chi connectivity index (χ0v) is 10.4. The molecular weight excluding hydrogens is 215 g/mol. The lowest BCUT2D eigenvalue weighted by molar-refractivity contribution is 0.613. The summed E-state index contributed by atoms with van der Waals surface area (Å²) in [5.41, 5.74) is 4.37. The quantitative estimate of drug-likeness (QED) is 0.822. The van der Waals surface area contributed by atoms with Gasteiger partial charge in [0.1, 0.15) is 5.82 Å². The number of anilines is 1. The molecule has 2 nitrogen and oxygen atoms in total. The van der Waals surface area contributed by atoms with Gasteiger partial charge in [-0.1, -0.05) is 11.6 Å². The van der Waals surface area contributed by atoms with Crippen LogP contribution in [-0.2, 0) is 0 Å². The average molecular weight is 234 g/mol. The van der Waals surface area contributed by atoms with Crippen molar-refractivity contribution in [2.24, 2.45) is 0 Å². The van der Waals surface area contributed by atoms with Crippen LogP contribution in [0.5, 0.6) is 0 Å². The van der Waals surface area contributed by atoms with Crippen molar-refractivity contribution < 1.29 is 4.39 Å². The summed E-state index contributed by atoms with van der Waals surface area (Å²) in [6.07, 6.45) is 4.26. The molecule has 0 bridgehead atoms. The van der Waals surface area contributed by atoms with Gasteiger partial charge in [0.25, 0.3) is 0 Å². The van der Waals surface area contributed by atoms with Crippen molar-refractivity contribution in [1.29, 1.82) is 0 Å². The van der Waals surface area contributed by atoms with E-state index >= 15 is 0 Å². The average Bonchev–Trinajstić information content (AvgIpc) is 2.34. The van der Waals surface area contributed by atoms with Gasteiger partial charge in [-0.25, -0.2) is 4.39 Å². The first-order valence-electron chi connectivity index (χ1n) is 6.09. The molecule has 0 aromatic heterocycles. The Morgan fingerprint density at radius 1 is 1.29 bits per heavy atom. The Balaban J connectivity index is 2.34. The Morgan fingerprint density at radius 2 is 2.00 bits per heavy atom.